The molecule has 1 aromatic rings. The summed E-state index contributed by atoms with van der Waals surface area (Å²) in [5.41, 5.74) is 0. The molecule has 0 unspecified atom stereocenters. The van der Waals surface area contributed by atoms with Gasteiger partial charge in [-0.2, -0.15) is 4.31 Å². The summed E-state index contributed by atoms with van der Waals surface area (Å²) in [6, 6.07) is 2.86. The number of rotatable bonds is 2. The molecule has 1 aliphatic rings. The van der Waals surface area contributed by atoms with Gasteiger partial charge in [-0.25, -0.2) is 12.8 Å². The van der Waals surface area contributed by atoms with Crippen molar-refractivity contribution in [3.05, 3.63) is 24.0 Å². The highest BCUT2D eigenvalue weighted by molar-refractivity contribution is 7.89. The summed E-state index contributed by atoms with van der Waals surface area (Å²) in [7, 11) is -3.85. The Morgan fingerprint density at radius 2 is 1.94 bits per heavy atom. The second-order valence-corrected chi connectivity index (χ2v) is 5.53. The van der Waals surface area contributed by atoms with Crippen LogP contribution in [0.1, 0.15) is 0 Å². The average molecular weight is 261 g/mol. The summed E-state index contributed by atoms with van der Waals surface area (Å²) in [5, 5.41) is 9.50. The molecule has 94 valence electrons. The van der Waals surface area contributed by atoms with Gasteiger partial charge in [0.25, 0.3) is 0 Å². The number of nitrogens with zero attached hydrogens (tertiary/aromatic N) is 1. The van der Waals surface area contributed by atoms with Crippen LogP contribution >= 0.6 is 0 Å². The van der Waals surface area contributed by atoms with E-state index >= 15 is 0 Å². The molecule has 0 bridgehead atoms. The van der Waals surface area contributed by atoms with Crippen molar-refractivity contribution in [1.29, 1.82) is 0 Å². The number of hydrogen-bond acceptors (Lipinski definition) is 4. The molecule has 2 rings (SSSR count). The van der Waals surface area contributed by atoms with Crippen LogP contribution in [-0.4, -0.2) is 44.1 Å². The molecule has 1 saturated heterocycles. The minimum atomic E-state index is -3.85. The van der Waals surface area contributed by atoms with Gasteiger partial charge in [0, 0.05) is 13.1 Å². The molecule has 0 radical (unpaired) electrons. The van der Waals surface area contributed by atoms with Gasteiger partial charge in [-0.3, -0.25) is 0 Å². The molecule has 5 nitrogen and oxygen atoms in total. The lowest BCUT2D eigenvalue weighted by atomic mass is 10.3. The van der Waals surface area contributed by atoms with Crippen molar-refractivity contribution in [3.8, 4) is 5.75 Å². The van der Waals surface area contributed by atoms with Crippen molar-refractivity contribution in [2.24, 2.45) is 0 Å². The van der Waals surface area contributed by atoms with E-state index in [1.165, 1.54) is 4.31 Å². The number of aromatic hydroxyl groups is 1. The van der Waals surface area contributed by atoms with Gasteiger partial charge in [0.15, 0.2) is 0 Å². The first-order valence-electron chi connectivity index (χ1n) is 5.08. The molecule has 7 heteroatoms. The molecule has 0 saturated carbocycles. The van der Waals surface area contributed by atoms with Gasteiger partial charge in [-0.05, 0) is 18.2 Å². The lowest BCUT2D eigenvalue weighted by Gasteiger charge is -2.26. The zero-order valence-electron chi connectivity index (χ0n) is 8.97. The van der Waals surface area contributed by atoms with E-state index in [0.717, 1.165) is 18.2 Å². The van der Waals surface area contributed by atoms with Crippen molar-refractivity contribution in [2.75, 3.05) is 26.3 Å². The van der Waals surface area contributed by atoms with E-state index in [4.69, 9.17) is 4.74 Å². The van der Waals surface area contributed by atoms with Gasteiger partial charge < -0.3 is 9.84 Å². The Morgan fingerprint density at radius 3 is 2.59 bits per heavy atom. The molecular weight excluding hydrogens is 249 g/mol. The quantitative estimate of drug-likeness (QED) is 0.844. The molecule has 1 aromatic carbocycles. The monoisotopic (exact) mass is 261 g/mol. The zero-order valence-corrected chi connectivity index (χ0v) is 9.78. The normalized spacial score (nSPS) is 18.2. The standard InChI is InChI=1S/C10H12FNO4S/c11-8-1-2-9(13)10(7-8)17(14,15)12-3-5-16-6-4-12/h1-2,7,13H,3-6H2. The fraction of sp³-hybridized carbons (Fsp3) is 0.400. The maximum atomic E-state index is 13.0. The predicted octanol–water partition coefficient (Wildman–Crippen LogP) is 0.552. The Morgan fingerprint density at radius 1 is 1.29 bits per heavy atom. The highest BCUT2D eigenvalue weighted by atomic mass is 32.2. The molecule has 1 aliphatic heterocycles. The lowest BCUT2D eigenvalue weighted by Crippen LogP contribution is -2.40. The molecule has 1 N–H and O–H groups in total. The van der Waals surface area contributed by atoms with Crippen molar-refractivity contribution >= 4 is 10.0 Å². The molecule has 0 amide bonds. The van der Waals surface area contributed by atoms with Crippen LogP contribution in [0, 0.1) is 5.82 Å². The molecule has 0 spiro atoms. The average Bonchev–Trinajstić information content (AvgIpc) is 2.33. The first-order valence-corrected chi connectivity index (χ1v) is 6.52. The van der Waals surface area contributed by atoms with E-state index in [-0.39, 0.29) is 13.1 Å². The molecule has 0 atom stereocenters. The van der Waals surface area contributed by atoms with E-state index in [0.29, 0.717) is 13.2 Å². The highest BCUT2D eigenvalue weighted by Gasteiger charge is 2.29. The second-order valence-electron chi connectivity index (χ2n) is 3.63. The van der Waals surface area contributed by atoms with E-state index in [9.17, 15) is 17.9 Å². The van der Waals surface area contributed by atoms with Crippen molar-refractivity contribution in [2.45, 2.75) is 4.90 Å². The van der Waals surface area contributed by atoms with Crippen LogP contribution in [0.4, 0.5) is 4.39 Å². The van der Waals surface area contributed by atoms with Crippen molar-refractivity contribution in [1.82, 2.24) is 4.31 Å². The SMILES string of the molecule is O=S(=O)(c1cc(F)ccc1O)N1CCOCC1. The number of ether oxygens (including phenoxy) is 1. The van der Waals surface area contributed by atoms with Gasteiger partial charge in [0.05, 0.1) is 13.2 Å². The van der Waals surface area contributed by atoms with Crippen molar-refractivity contribution in [3.63, 3.8) is 0 Å². The Balaban J connectivity index is 2.40. The van der Waals surface area contributed by atoms with Crippen LogP contribution in [0.2, 0.25) is 0 Å². The number of halogens is 1. The number of sulfonamides is 1. The second kappa shape index (κ2) is 4.59. The summed E-state index contributed by atoms with van der Waals surface area (Å²) in [6.45, 7) is 1.02. The maximum absolute atomic E-state index is 13.0. The summed E-state index contributed by atoms with van der Waals surface area (Å²) in [4.78, 5) is -0.403. The molecular formula is C10H12FNO4S. The van der Waals surface area contributed by atoms with Crippen LogP contribution in [0.3, 0.4) is 0 Å². The number of phenols is 1. The molecule has 1 fully saturated rings. The van der Waals surface area contributed by atoms with E-state index < -0.39 is 26.5 Å². The first-order chi connectivity index (χ1) is 8.01. The van der Waals surface area contributed by atoms with Gasteiger partial charge >= 0.3 is 0 Å². The number of morpholine rings is 1. The fourth-order valence-corrected chi connectivity index (χ4v) is 3.12. The number of benzene rings is 1. The predicted molar refractivity (Wildman–Crippen MR) is 57.6 cm³/mol. The molecule has 0 aliphatic carbocycles. The van der Waals surface area contributed by atoms with E-state index in [1.54, 1.807) is 0 Å². The summed E-state index contributed by atoms with van der Waals surface area (Å²) in [5.74, 6) is -1.15. The van der Waals surface area contributed by atoms with Gasteiger partial charge in [0.2, 0.25) is 10.0 Å². The maximum Gasteiger partial charge on any atom is 0.247 e. The van der Waals surface area contributed by atoms with Crippen LogP contribution in [-0.2, 0) is 14.8 Å². The van der Waals surface area contributed by atoms with E-state index in [2.05, 4.69) is 0 Å². The molecule has 17 heavy (non-hydrogen) atoms. The minimum absolute atomic E-state index is 0.207. The van der Waals surface area contributed by atoms with E-state index in [1.807, 2.05) is 0 Å². The number of hydrogen-bond donors (Lipinski definition) is 1. The van der Waals surface area contributed by atoms with Crippen molar-refractivity contribution < 1.29 is 22.7 Å². The molecule has 1 heterocycles. The first kappa shape index (κ1) is 12.3. The summed E-state index contributed by atoms with van der Waals surface area (Å²) >= 11 is 0. The Labute approximate surface area is 98.5 Å². The Hall–Kier alpha value is -1.18. The highest BCUT2D eigenvalue weighted by Crippen LogP contribution is 2.26. The van der Waals surface area contributed by atoms with Crippen LogP contribution < -0.4 is 0 Å². The molecule has 0 aromatic heterocycles. The largest absolute Gasteiger partial charge is 0.507 e. The van der Waals surface area contributed by atoms with Gasteiger partial charge in [-0.1, -0.05) is 0 Å². The van der Waals surface area contributed by atoms with Crippen LogP contribution in [0.5, 0.6) is 5.75 Å². The van der Waals surface area contributed by atoms with Gasteiger partial charge in [-0.15, -0.1) is 0 Å². The Kier molecular flexibility index (Phi) is 3.32. The Bertz CT molecular complexity index is 511. The van der Waals surface area contributed by atoms with Crippen LogP contribution in [0.15, 0.2) is 23.1 Å². The van der Waals surface area contributed by atoms with Crippen LogP contribution in [0.25, 0.3) is 0 Å². The fourth-order valence-electron chi connectivity index (χ4n) is 1.62. The third-order valence-electron chi connectivity index (χ3n) is 2.51. The van der Waals surface area contributed by atoms with Gasteiger partial charge in [0.1, 0.15) is 16.5 Å². The third-order valence-corrected chi connectivity index (χ3v) is 4.44. The minimum Gasteiger partial charge on any atom is -0.507 e. The summed E-state index contributed by atoms with van der Waals surface area (Å²) in [6.07, 6.45) is 0. The summed E-state index contributed by atoms with van der Waals surface area (Å²) < 4.78 is 43.4. The smallest absolute Gasteiger partial charge is 0.247 e. The lowest BCUT2D eigenvalue weighted by molar-refractivity contribution is 0.0729. The number of phenolic OH excluding ortho intramolecular Hbond substituents is 1. The third kappa shape index (κ3) is 2.41. The zero-order chi connectivity index (χ0) is 12.5. The topological polar surface area (TPSA) is 66.8 Å².